The topological polar surface area (TPSA) is 110 Å². The van der Waals surface area contributed by atoms with Gasteiger partial charge in [0.2, 0.25) is 20.7 Å². The predicted molar refractivity (Wildman–Crippen MR) is 110 cm³/mol. The molecule has 0 saturated carbocycles. The molecule has 10 heteroatoms. The molecule has 1 aliphatic rings. The Morgan fingerprint density at radius 2 is 1.90 bits per heavy atom. The van der Waals surface area contributed by atoms with Crippen molar-refractivity contribution in [2.45, 2.75) is 37.2 Å². The van der Waals surface area contributed by atoms with Gasteiger partial charge in [0, 0.05) is 6.26 Å². The van der Waals surface area contributed by atoms with Crippen LogP contribution in [-0.2, 0) is 34.4 Å². The van der Waals surface area contributed by atoms with E-state index in [4.69, 9.17) is 4.74 Å². The van der Waals surface area contributed by atoms with Crippen LogP contribution in [0.4, 0.5) is 0 Å². The number of benzene rings is 1. The quantitative estimate of drug-likeness (QED) is 0.279. The zero-order valence-corrected chi connectivity index (χ0v) is 18.3. The lowest BCUT2D eigenvalue weighted by molar-refractivity contribution is -0.169. The van der Waals surface area contributed by atoms with Crippen LogP contribution in [0.3, 0.4) is 0 Å². The number of esters is 1. The minimum absolute atomic E-state index is 0.0373. The zero-order valence-electron chi connectivity index (χ0n) is 16.7. The van der Waals surface area contributed by atoms with Crippen LogP contribution in [0, 0.1) is 0 Å². The third-order valence-corrected chi connectivity index (χ3v) is 7.41. The number of hydrogen-bond acceptors (Lipinski definition) is 7. The smallest absolute Gasteiger partial charge is 0.335 e. The molecule has 2 amide bonds. The van der Waals surface area contributed by atoms with Gasteiger partial charge in [-0.05, 0) is 35.8 Å². The number of carbonyl (C=O) groups excluding carboxylic acids is 3. The second-order valence-electron chi connectivity index (χ2n) is 6.95. The summed E-state index contributed by atoms with van der Waals surface area (Å²) >= 11 is 0. The molecular formula is C19H24N2O6S2. The molecular weight excluding hydrogens is 416 g/mol. The normalized spacial score (nSPS) is 21.0. The van der Waals surface area contributed by atoms with Crippen LogP contribution >= 0.6 is 10.8 Å². The van der Waals surface area contributed by atoms with E-state index in [9.17, 15) is 22.8 Å². The summed E-state index contributed by atoms with van der Waals surface area (Å²) < 4.78 is 28.7. The zero-order chi connectivity index (χ0) is 22.0. The number of amides is 2. The number of nitrogens with zero attached hydrogens (tertiary/aromatic N) is 1. The Kier molecular flexibility index (Phi) is 6.79. The Morgan fingerprint density at radius 1 is 1.31 bits per heavy atom. The molecule has 0 spiro atoms. The molecule has 0 aromatic heterocycles. The number of ether oxygens (including phenoxy) is 1. The molecule has 0 radical (unpaired) electrons. The van der Waals surface area contributed by atoms with E-state index in [0.717, 1.165) is 16.7 Å². The van der Waals surface area contributed by atoms with Crippen molar-refractivity contribution in [1.82, 2.24) is 10.2 Å². The first-order valence-electron chi connectivity index (χ1n) is 8.71. The highest BCUT2D eigenvalue weighted by Crippen LogP contribution is 2.41. The van der Waals surface area contributed by atoms with Gasteiger partial charge >= 0.3 is 5.97 Å². The molecule has 2 rings (SSSR count). The van der Waals surface area contributed by atoms with Crippen molar-refractivity contribution in [2.24, 2.45) is 0 Å². The largest absolute Gasteiger partial charge is 0.467 e. The summed E-state index contributed by atoms with van der Waals surface area (Å²) in [6.07, 6.45) is 1.04. The predicted octanol–water partition coefficient (Wildman–Crippen LogP) is 1.08. The van der Waals surface area contributed by atoms with Crippen molar-refractivity contribution in [2.75, 3.05) is 13.4 Å². The van der Waals surface area contributed by atoms with E-state index >= 15 is 0 Å². The van der Waals surface area contributed by atoms with Gasteiger partial charge < -0.3 is 15.0 Å². The molecule has 1 N–H and O–H groups in total. The first-order chi connectivity index (χ1) is 13.4. The monoisotopic (exact) mass is 440 g/mol. The third kappa shape index (κ3) is 4.81. The number of nitrogens with one attached hydrogen (secondary N) is 1. The average molecular weight is 441 g/mol. The summed E-state index contributed by atoms with van der Waals surface area (Å²) in [5.74, 6) is -1.75. The van der Waals surface area contributed by atoms with E-state index in [0.29, 0.717) is 16.4 Å². The van der Waals surface area contributed by atoms with E-state index < -0.39 is 43.6 Å². The fraction of sp³-hybridized carbons (Fsp3) is 0.421. The molecule has 1 fully saturated rings. The van der Waals surface area contributed by atoms with Crippen molar-refractivity contribution in [3.8, 4) is 0 Å². The molecule has 1 heterocycles. The van der Waals surface area contributed by atoms with Crippen LogP contribution in [0.5, 0.6) is 0 Å². The Labute approximate surface area is 174 Å². The first-order valence-corrected chi connectivity index (χ1v) is 12.0. The lowest BCUT2D eigenvalue weighted by Gasteiger charge is -2.53. The van der Waals surface area contributed by atoms with Crippen LogP contribution in [0.15, 0.2) is 42.5 Å². The lowest BCUT2D eigenvalue weighted by atomic mass is 9.86. The summed E-state index contributed by atoms with van der Waals surface area (Å²) in [6.45, 7) is 6.76. The maximum atomic E-state index is 12.9. The molecule has 158 valence electrons. The standard InChI is InChI=1S/C19H24N2O6S2/c1-12(2)19(3,18(24)27-4)21-16(23)15(17(21)28-29(5,25)26)20-14(22)11-13-9-7-6-8-10-13/h6-10,15,17H,1,11H2,2-5H3,(H,20,22). The SMILES string of the molecule is C=C(C)C(C)(C(=O)OC)N1C(=O)C(NC(=O)Cc2ccccc2)C1SS(C)(=O)=O. The summed E-state index contributed by atoms with van der Waals surface area (Å²) in [5.41, 5.74) is -0.498. The highest BCUT2D eigenvalue weighted by atomic mass is 33.1. The van der Waals surface area contributed by atoms with E-state index in [1.165, 1.54) is 14.0 Å². The van der Waals surface area contributed by atoms with Crippen molar-refractivity contribution in [3.05, 3.63) is 48.0 Å². The molecule has 0 aliphatic carbocycles. The van der Waals surface area contributed by atoms with Gasteiger partial charge in [0.25, 0.3) is 0 Å². The van der Waals surface area contributed by atoms with E-state index in [2.05, 4.69) is 11.9 Å². The molecule has 1 aromatic carbocycles. The number of methoxy groups -OCH3 is 1. The molecule has 8 nitrogen and oxygen atoms in total. The van der Waals surface area contributed by atoms with Gasteiger partial charge in [0.15, 0.2) is 5.54 Å². The highest BCUT2D eigenvalue weighted by Gasteiger charge is 2.60. The van der Waals surface area contributed by atoms with Gasteiger partial charge in [-0.25, -0.2) is 13.2 Å². The summed E-state index contributed by atoms with van der Waals surface area (Å²) in [7, 11) is -1.93. The summed E-state index contributed by atoms with van der Waals surface area (Å²) in [5, 5.41) is 1.59. The maximum Gasteiger partial charge on any atom is 0.335 e. The van der Waals surface area contributed by atoms with Gasteiger partial charge in [-0.1, -0.05) is 36.9 Å². The van der Waals surface area contributed by atoms with Crippen molar-refractivity contribution in [3.63, 3.8) is 0 Å². The minimum atomic E-state index is -3.60. The van der Waals surface area contributed by atoms with Crippen LogP contribution < -0.4 is 5.32 Å². The van der Waals surface area contributed by atoms with Crippen LogP contribution in [0.1, 0.15) is 19.4 Å². The molecule has 29 heavy (non-hydrogen) atoms. The van der Waals surface area contributed by atoms with Crippen LogP contribution in [-0.4, -0.2) is 61.4 Å². The lowest BCUT2D eigenvalue weighted by Crippen LogP contribution is -2.77. The number of rotatable bonds is 8. The fourth-order valence-electron chi connectivity index (χ4n) is 3.03. The molecule has 0 bridgehead atoms. The molecule has 3 unspecified atom stereocenters. The molecule has 3 atom stereocenters. The fourth-order valence-corrected chi connectivity index (χ4v) is 5.75. The van der Waals surface area contributed by atoms with Gasteiger partial charge in [-0.2, -0.15) is 0 Å². The van der Waals surface area contributed by atoms with Crippen LogP contribution in [0.25, 0.3) is 0 Å². The number of likely N-dealkylation sites (tertiary alicyclic amines) is 1. The maximum absolute atomic E-state index is 12.9. The van der Waals surface area contributed by atoms with Gasteiger partial charge in [-0.3, -0.25) is 9.59 Å². The Morgan fingerprint density at radius 3 is 2.38 bits per heavy atom. The molecule has 1 saturated heterocycles. The second-order valence-corrected chi connectivity index (χ2v) is 11.4. The van der Waals surface area contributed by atoms with E-state index in [-0.39, 0.29) is 6.42 Å². The Balaban J connectivity index is 2.29. The summed E-state index contributed by atoms with van der Waals surface area (Å²) in [4.78, 5) is 38.8. The van der Waals surface area contributed by atoms with E-state index in [1.807, 2.05) is 6.07 Å². The highest BCUT2D eigenvalue weighted by molar-refractivity contribution is 8.72. The van der Waals surface area contributed by atoms with Gasteiger partial charge in [0.05, 0.1) is 13.5 Å². The van der Waals surface area contributed by atoms with Crippen LogP contribution in [0.2, 0.25) is 0 Å². The Bertz CT molecular complexity index is 931. The minimum Gasteiger partial charge on any atom is -0.467 e. The van der Waals surface area contributed by atoms with Gasteiger partial charge in [0.1, 0.15) is 11.4 Å². The second kappa shape index (κ2) is 8.58. The average Bonchev–Trinajstić information content (AvgIpc) is 2.64. The summed E-state index contributed by atoms with van der Waals surface area (Å²) in [6, 6.07) is 7.85. The van der Waals surface area contributed by atoms with Gasteiger partial charge in [-0.15, -0.1) is 0 Å². The number of hydrogen-bond donors (Lipinski definition) is 1. The van der Waals surface area contributed by atoms with Crippen molar-refractivity contribution < 1.29 is 27.5 Å². The molecule has 1 aromatic rings. The number of β-lactam (4-membered cyclic amide) rings is 1. The van der Waals surface area contributed by atoms with E-state index in [1.54, 1.807) is 31.2 Å². The first kappa shape index (κ1) is 23.0. The number of carbonyl (C=O) groups is 3. The van der Waals surface area contributed by atoms with Crippen molar-refractivity contribution in [1.29, 1.82) is 0 Å². The molecule has 1 aliphatic heterocycles. The Hall–Kier alpha value is -2.33. The van der Waals surface area contributed by atoms with Crippen molar-refractivity contribution >= 4 is 37.4 Å². The third-order valence-electron chi connectivity index (χ3n) is 4.74.